The molecule has 1 rings (SSSR count). The summed E-state index contributed by atoms with van der Waals surface area (Å²) in [6.45, 7) is 4.88. The van der Waals surface area contributed by atoms with Gasteiger partial charge in [0.25, 0.3) is 0 Å². The molecule has 1 aliphatic rings. The standard InChI is InChI=1S/C11H19NO6/c1-10(2,3)18-9(15)12-11(8(14)16-4)6-17-5-7(11)13/h7,13H,5-6H2,1-4H3,(H,12,15)/t7-,11+/m0/s1. The molecule has 2 N–H and O–H groups in total. The van der Waals surface area contributed by atoms with Crippen molar-refractivity contribution in [2.75, 3.05) is 20.3 Å². The normalized spacial score (nSPS) is 27.7. The van der Waals surface area contributed by atoms with Crippen LogP contribution in [0.25, 0.3) is 0 Å². The number of carbonyl (C=O) groups excluding carboxylic acids is 2. The van der Waals surface area contributed by atoms with Crippen molar-refractivity contribution >= 4 is 12.1 Å². The lowest BCUT2D eigenvalue weighted by molar-refractivity contribution is -0.151. The van der Waals surface area contributed by atoms with Gasteiger partial charge in [-0.2, -0.15) is 0 Å². The third kappa shape index (κ3) is 3.11. The number of hydrogen-bond acceptors (Lipinski definition) is 6. The van der Waals surface area contributed by atoms with Gasteiger partial charge in [0.05, 0.1) is 20.3 Å². The molecule has 104 valence electrons. The number of carbonyl (C=O) groups is 2. The molecule has 7 nitrogen and oxygen atoms in total. The van der Waals surface area contributed by atoms with Crippen LogP contribution < -0.4 is 5.32 Å². The van der Waals surface area contributed by atoms with E-state index in [2.05, 4.69) is 10.1 Å². The molecule has 0 radical (unpaired) electrons. The number of aliphatic hydroxyl groups excluding tert-OH is 1. The zero-order valence-corrected chi connectivity index (χ0v) is 11.0. The van der Waals surface area contributed by atoms with E-state index >= 15 is 0 Å². The van der Waals surface area contributed by atoms with E-state index in [4.69, 9.17) is 9.47 Å². The van der Waals surface area contributed by atoms with Crippen molar-refractivity contribution in [2.45, 2.75) is 38.0 Å². The fourth-order valence-corrected chi connectivity index (χ4v) is 1.60. The molecular weight excluding hydrogens is 242 g/mol. The first-order valence-corrected chi connectivity index (χ1v) is 5.56. The van der Waals surface area contributed by atoms with Crippen molar-refractivity contribution < 1.29 is 28.9 Å². The average molecular weight is 261 g/mol. The maximum Gasteiger partial charge on any atom is 0.408 e. The van der Waals surface area contributed by atoms with E-state index in [1.807, 2.05) is 0 Å². The van der Waals surface area contributed by atoms with E-state index in [0.29, 0.717) is 0 Å². The van der Waals surface area contributed by atoms with Crippen LogP contribution in [0, 0.1) is 0 Å². The van der Waals surface area contributed by atoms with Crippen LogP contribution in [0.4, 0.5) is 4.79 Å². The average Bonchev–Trinajstić information content (AvgIpc) is 2.57. The van der Waals surface area contributed by atoms with Gasteiger partial charge in [-0.1, -0.05) is 0 Å². The molecule has 1 fully saturated rings. The Hall–Kier alpha value is -1.34. The van der Waals surface area contributed by atoms with Crippen LogP contribution in [0.15, 0.2) is 0 Å². The van der Waals surface area contributed by atoms with Gasteiger partial charge in [0.15, 0.2) is 5.54 Å². The Kier molecular flexibility index (Phi) is 4.18. The number of esters is 1. The summed E-state index contributed by atoms with van der Waals surface area (Å²) in [5.41, 5.74) is -2.30. The zero-order valence-electron chi connectivity index (χ0n) is 11.0. The molecule has 0 aromatic carbocycles. The van der Waals surface area contributed by atoms with E-state index < -0.39 is 29.3 Å². The Morgan fingerprint density at radius 1 is 1.44 bits per heavy atom. The van der Waals surface area contributed by atoms with E-state index in [1.54, 1.807) is 20.8 Å². The predicted molar refractivity (Wildman–Crippen MR) is 60.9 cm³/mol. The third-order valence-corrected chi connectivity index (χ3v) is 2.45. The third-order valence-electron chi connectivity index (χ3n) is 2.45. The summed E-state index contributed by atoms with van der Waals surface area (Å²) in [7, 11) is 1.17. The molecule has 18 heavy (non-hydrogen) atoms. The summed E-state index contributed by atoms with van der Waals surface area (Å²) in [6.07, 6.45) is -1.98. The molecule has 7 heteroatoms. The summed E-state index contributed by atoms with van der Waals surface area (Å²) >= 11 is 0. The lowest BCUT2D eigenvalue weighted by Crippen LogP contribution is -2.62. The van der Waals surface area contributed by atoms with Gasteiger partial charge in [0.1, 0.15) is 11.7 Å². The van der Waals surface area contributed by atoms with Crippen LogP contribution in [0.1, 0.15) is 20.8 Å². The van der Waals surface area contributed by atoms with Gasteiger partial charge in [-0.3, -0.25) is 0 Å². The van der Waals surface area contributed by atoms with Crippen molar-refractivity contribution in [1.29, 1.82) is 0 Å². The molecule has 0 saturated carbocycles. The van der Waals surface area contributed by atoms with Gasteiger partial charge in [-0.05, 0) is 20.8 Å². The van der Waals surface area contributed by atoms with Crippen molar-refractivity contribution in [2.24, 2.45) is 0 Å². The molecule has 0 aromatic heterocycles. The minimum Gasteiger partial charge on any atom is -0.467 e. The Balaban J connectivity index is 2.81. The van der Waals surface area contributed by atoms with Gasteiger partial charge in [0.2, 0.25) is 0 Å². The fraction of sp³-hybridized carbons (Fsp3) is 0.818. The Bertz CT molecular complexity index is 337. The van der Waals surface area contributed by atoms with Gasteiger partial charge in [0, 0.05) is 0 Å². The summed E-state index contributed by atoms with van der Waals surface area (Å²) in [5, 5.41) is 12.1. The number of aliphatic hydroxyl groups is 1. The Morgan fingerprint density at radius 2 is 2.06 bits per heavy atom. The molecule has 1 amide bonds. The van der Waals surface area contributed by atoms with Crippen molar-refractivity contribution in [3.05, 3.63) is 0 Å². The molecule has 1 saturated heterocycles. The van der Waals surface area contributed by atoms with Crippen LogP contribution in [0.5, 0.6) is 0 Å². The SMILES string of the molecule is COC(=O)[C@@]1(NC(=O)OC(C)(C)C)COC[C@@H]1O. The summed E-state index contributed by atoms with van der Waals surface area (Å²) in [5.74, 6) is -0.765. The van der Waals surface area contributed by atoms with Crippen LogP contribution in [-0.2, 0) is 19.0 Å². The number of ether oxygens (including phenoxy) is 3. The second kappa shape index (κ2) is 5.11. The lowest BCUT2D eigenvalue weighted by Gasteiger charge is -2.30. The van der Waals surface area contributed by atoms with Crippen molar-refractivity contribution in [1.82, 2.24) is 5.32 Å². The number of hydrogen-bond donors (Lipinski definition) is 2. The first-order chi connectivity index (χ1) is 8.21. The van der Waals surface area contributed by atoms with Crippen molar-refractivity contribution in [3.63, 3.8) is 0 Å². The molecule has 0 aromatic rings. The first-order valence-electron chi connectivity index (χ1n) is 5.56. The highest BCUT2D eigenvalue weighted by Crippen LogP contribution is 2.22. The van der Waals surface area contributed by atoms with Crippen LogP contribution in [0.2, 0.25) is 0 Å². The Morgan fingerprint density at radius 3 is 2.44 bits per heavy atom. The highest BCUT2D eigenvalue weighted by atomic mass is 16.6. The largest absolute Gasteiger partial charge is 0.467 e. The quantitative estimate of drug-likeness (QED) is 0.669. The van der Waals surface area contributed by atoms with E-state index in [-0.39, 0.29) is 13.2 Å². The number of nitrogens with one attached hydrogen (secondary N) is 1. The minimum atomic E-state index is -1.60. The summed E-state index contributed by atoms with van der Waals surface area (Å²) < 4.78 is 14.6. The Labute approximate surface area is 105 Å². The molecule has 1 aliphatic heterocycles. The molecular formula is C11H19NO6. The molecule has 2 atom stereocenters. The first kappa shape index (κ1) is 14.7. The molecule has 0 aliphatic carbocycles. The highest BCUT2D eigenvalue weighted by molar-refractivity contribution is 5.87. The molecule has 1 heterocycles. The number of rotatable bonds is 2. The maximum atomic E-state index is 11.7. The summed E-state index contributed by atoms with van der Waals surface area (Å²) in [4.78, 5) is 23.4. The number of amides is 1. The topological polar surface area (TPSA) is 94.1 Å². The van der Waals surface area contributed by atoms with E-state index in [1.165, 1.54) is 7.11 Å². The fourth-order valence-electron chi connectivity index (χ4n) is 1.60. The molecule has 0 unspecified atom stereocenters. The van der Waals surface area contributed by atoms with Gasteiger partial charge in [-0.25, -0.2) is 9.59 Å². The van der Waals surface area contributed by atoms with Crippen molar-refractivity contribution in [3.8, 4) is 0 Å². The molecule has 0 bridgehead atoms. The van der Waals surface area contributed by atoms with Crippen LogP contribution in [-0.4, -0.2) is 54.7 Å². The highest BCUT2D eigenvalue weighted by Gasteiger charge is 2.53. The van der Waals surface area contributed by atoms with Gasteiger partial charge < -0.3 is 24.6 Å². The van der Waals surface area contributed by atoms with Gasteiger partial charge >= 0.3 is 12.1 Å². The maximum absolute atomic E-state index is 11.7. The monoisotopic (exact) mass is 261 g/mol. The minimum absolute atomic E-state index is 0.0507. The lowest BCUT2D eigenvalue weighted by atomic mass is 9.96. The van der Waals surface area contributed by atoms with Crippen LogP contribution >= 0.6 is 0 Å². The van der Waals surface area contributed by atoms with E-state index in [0.717, 1.165) is 0 Å². The predicted octanol–water partition coefficient (Wildman–Crippen LogP) is -0.186. The smallest absolute Gasteiger partial charge is 0.408 e. The van der Waals surface area contributed by atoms with E-state index in [9.17, 15) is 14.7 Å². The van der Waals surface area contributed by atoms with Gasteiger partial charge in [-0.15, -0.1) is 0 Å². The second-order valence-corrected chi connectivity index (χ2v) is 5.12. The molecule has 0 spiro atoms. The number of alkyl carbamates (subject to hydrolysis) is 1. The second-order valence-electron chi connectivity index (χ2n) is 5.12. The number of methoxy groups -OCH3 is 1. The summed E-state index contributed by atoms with van der Waals surface area (Å²) in [6, 6.07) is 0. The zero-order chi connectivity index (χ0) is 14.0. The van der Waals surface area contributed by atoms with Crippen LogP contribution in [0.3, 0.4) is 0 Å².